The predicted octanol–water partition coefficient (Wildman–Crippen LogP) is 2.71. The molecule has 1 N–H and O–H groups in total. The second-order valence-corrected chi connectivity index (χ2v) is 4.58. The molecule has 88 valence electrons. The zero-order chi connectivity index (χ0) is 11.5. The topological polar surface area (TPSA) is 29.5 Å². The van der Waals surface area contributed by atoms with Crippen molar-refractivity contribution in [2.75, 3.05) is 7.11 Å². The van der Waals surface area contributed by atoms with Gasteiger partial charge in [0, 0.05) is 7.11 Å². The average Bonchev–Trinajstić information content (AvgIpc) is 3.14. The highest BCUT2D eigenvalue weighted by Gasteiger charge is 2.36. The van der Waals surface area contributed by atoms with Gasteiger partial charge >= 0.3 is 0 Å². The molecule has 2 unspecified atom stereocenters. The number of aliphatic hydroxyl groups excluding tert-OH is 1. The van der Waals surface area contributed by atoms with E-state index < -0.39 is 6.10 Å². The molecule has 1 aromatic carbocycles. The van der Waals surface area contributed by atoms with E-state index in [1.54, 1.807) is 7.11 Å². The number of hydrogen-bond acceptors (Lipinski definition) is 2. The van der Waals surface area contributed by atoms with Crippen LogP contribution in [0.2, 0.25) is 0 Å². The number of methoxy groups -OCH3 is 1. The normalized spacial score (nSPS) is 19.4. The molecule has 2 atom stereocenters. The Morgan fingerprint density at radius 2 is 2.19 bits per heavy atom. The molecule has 0 amide bonds. The molecule has 16 heavy (non-hydrogen) atoms. The SMILES string of the molecule is CCc1cccc(C(O)C(OC)C2CC2)c1. The number of aryl methyl sites for hydroxylation is 1. The molecular formula is C14H20O2. The highest BCUT2D eigenvalue weighted by atomic mass is 16.5. The van der Waals surface area contributed by atoms with Crippen molar-refractivity contribution in [3.63, 3.8) is 0 Å². The Morgan fingerprint density at radius 3 is 2.75 bits per heavy atom. The van der Waals surface area contributed by atoms with Gasteiger partial charge in [0.2, 0.25) is 0 Å². The molecule has 1 aliphatic carbocycles. The minimum absolute atomic E-state index is 0.0351. The number of rotatable bonds is 5. The zero-order valence-corrected chi connectivity index (χ0v) is 10.0. The average molecular weight is 220 g/mol. The summed E-state index contributed by atoms with van der Waals surface area (Å²) in [5.74, 6) is 0.547. The summed E-state index contributed by atoms with van der Waals surface area (Å²) in [5.41, 5.74) is 2.25. The summed E-state index contributed by atoms with van der Waals surface area (Å²) in [4.78, 5) is 0. The van der Waals surface area contributed by atoms with Crippen molar-refractivity contribution in [3.8, 4) is 0 Å². The first-order chi connectivity index (χ1) is 7.76. The molecule has 1 aliphatic rings. The van der Waals surface area contributed by atoms with Crippen LogP contribution in [-0.4, -0.2) is 18.3 Å². The van der Waals surface area contributed by atoms with Gasteiger partial charge in [-0.05, 0) is 36.3 Å². The Kier molecular flexibility index (Phi) is 3.62. The largest absolute Gasteiger partial charge is 0.386 e. The summed E-state index contributed by atoms with van der Waals surface area (Å²) in [6.45, 7) is 2.13. The Balaban J connectivity index is 2.14. The number of ether oxygens (including phenoxy) is 1. The van der Waals surface area contributed by atoms with Crippen LogP contribution in [0, 0.1) is 5.92 Å². The lowest BCUT2D eigenvalue weighted by Crippen LogP contribution is -2.23. The number of hydrogen-bond donors (Lipinski definition) is 1. The molecule has 0 aliphatic heterocycles. The van der Waals surface area contributed by atoms with Crippen LogP contribution in [0.4, 0.5) is 0 Å². The van der Waals surface area contributed by atoms with E-state index in [4.69, 9.17) is 4.74 Å². The van der Waals surface area contributed by atoms with Gasteiger partial charge in [-0.15, -0.1) is 0 Å². The standard InChI is InChI=1S/C14H20O2/c1-3-10-5-4-6-12(9-10)13(15)14(16-2)11-7-8-11/h4-6,9,11,13-15H,3,7-8H2,1-2H3. The summed E-state index contributed by atoms with van der Waals surface area (Å²) >= 11 is 0. The van der Waals surface area contributed by atoms with Crippen molar-refractivity contribution in [2.45, 2.75) is 38.4 Å². The second kappa shape index (κ2) is 4.98. The van der Waals surface area contributed by atoms with Crippen LogP contribution in [0.3, 0.4) is 0 Å². The van der Waals surface area contributed by atoms with Crippen molar-refractivity contribution >= 4 is 0 Å². The molecule has 2 rings (SSSR count). The van der Waals surface area contributed by atoms with E-state index in [0.29, 0.717) is 5.92 Å². The lowest BCUT2D eigenvalue weighted by Gasteiger charge is -2.22. The fourth-order valence-corrected chi connectivity index (χ4v) is 2.19. The fourth-order valence-electron chi connectivity index (χ4n) is 2.19. The van der Waals surface area contributed by atoms with Crippen molar-refractivity contribution in [1.82, 2.24) is 0 Å². The Morgan fingerprint density at radius 1 is 1.44 bits per heavy atom. The second-order valence-electron chi connectivity index (χ2n) is 4.58. The van der Waals surface area contributed by atoms with E-state index in [1.807, 2.05) is 12.1 Å². The third-order valence-electron chi connectivity index (χ3n) is 3.37. The Labute approximate surface area is 97.3 Å². The minimum atomic E-state index is -0.482. The summed E-state index contributed by atoms with van der Waals surface area (Å²) < 4.78 is 5.41. The number of aliphatic hydroxyl groups is 1. The van der Waals surface area contributed by atoms with Gasteiger partial charge in [-0.2, -0.15) is 0 Å². The molecular weight excluding hydrogens is 200 g/mol. The van der Waals surface area contributed by atoms with Crippen LogP contribution in [0.5, 0.6) is 0 Å². The lowest BCUT2D eigenvalue weighted by molar-refractivity contribution is -0.0259. The molecule has 0 heterocycles. The maximum atomic E-state index is 10.3. The molecule has 1 fully saturated rings. The molecule has 2 nitrogen and oxygen atoms in total. The third-order valence-corrected chi connectivity index (χ3v) is 3.37. The maximum Gasteiger partial charge on any atom is 0.105 e. The van der Waals surface area contributed by atoms with Gasteiger partial charge in [0.15, 0.2) is 0 Å². The molecule has 0 radical (unpaired) electrons. The van der Waals surface area contributed by atoms with E-state index in [2.05, 4.69) is 19.1 Å². The summed E-state index contributed by atoms with van der Waals surface area (Å²) in [6, 6.07) is 8.17. The molecule has 0 aromatic heterocycles. The zero-order valence-electron chi connectivity index (χ0n) is 10.0. The van der Waals surface area contributed by atoms with Crippen LogP contribution in [0.15, 0.2) is 24.3 Å². The molecule has 2 heteroatoms. The summed E-state index contributed by atoms with van der Waals surface area (Å²) in [5, 5.41) is 10.3. The predicted molar refractivity (Wildman–Crippen MR) is 64.3 cm³/mol. The van der Waals surface area contributed by atoms with E-state index in [-0.39, 0.29) is 6.10 Å². The molecule has 1 aromatic rings. The first kappa shape index (κ1) is 11.6. The third kappa shape index (κ3) is 2.45. The summed E-state index contributed by atoms with van der Waals surface area (Å²) in [7, 11) is 1.69. The van der Waals surface area contributed by atoms with E-state index in [0.717, 1.165) is 12.0 Å². The van der Waals surface area contributed by atoms with Gasteiger partial charge in [0.05, 0.1) is 6.10 Å². The molecule has 0 spiro atoms. The summed E-state index contributed by atoms with van der Waals surface area (Å²) in [6.07, 6.45) is 2.85. The van der Waals surface area contributed by atoms with Crippen LogP contribution in [-0.2, 0) is 11.2 Å². The Bertz CT molecular complexity index is 344. The quantitative estimate of drug-likeness (QED) is 0.826. The number of benzene rings is 1. The van der Waals surface area contributed by atoms with Crippen LogP contribution < -0.4 is 0 Å². The van der Waals surface area contributed by atoms with Gasteiger partial charge in [0.25, 0.3) is 0 Å². The molecule has 1 saturated carbocycles. The monoisotopic (exact) mass is 220 g/mol. The van der Waals surface area contributed by atoms with E-state index >= 15 is 0 Å². The van der Waals surface area contributed by atoms with Gasteiger partial charge < -0.3 is 9.84 Å². The first-order valence-corrected chi connectivity index (χ1v) is 6.06. The molecule has 0 saturated heterocycles. The lowest BCUT2D eigenvalue weighted by atomic mass is 9.98. The van der Waals surface area contributed by atoms with E-state index in [9.17, 15) is 5.11 Å². The van der Waals surface area contributed by atoms with Crippen molar-refractivity contribution in [1.29, 1.82) is 0 Å². The fraction of sp³-hybridized carbons (Fsp3) is 0.571. The highest BCUT2D eigenvalue weighted by molar-refractivity contribution is 5.26. The smallest absolute Gasteiger partial charge is 0.105 e. The van der Waals surface area contributed by atoms with E-state index in [1.165, 1.54) is 18.4 Å². The van der Waals surface area contributed by atoms with Gasteiger partial charge in [-0.25, -0.2) is 0 Å². The van der Waals surface area contributed by atoms with Crippen LogP contribution in [0.25, 0.3) is 0 Å². The maximum absolute atomic E-state index is 10.3. The van der Waals surface area contributed by atoms with Gasteiger partial charge in [-0.3, -0.25) is 0 Å². The first-order valence-electron chi connectivity index (χ1n) is 6.06. The minimum Gasteiger partial charge on any atom is -0.386 e. The van der Waals surface area contributed by atoms with Crippen molar-refractivity contribution in [3.05, 3.63) is 35.4 Å². The van der Waals surface area contributed by atoms with Crippen LogP contribution in [0.1, 0.15) is 37.0 Å². The van der Waals surface area contributed by atoms with Crippen LogP contribution >= 0.6 is 0 Å². The highest BCUT2D eigenvalue weighted by Crippen LogP contribution is 2.39. The van der Waals surface area contributed by atoms with Crippen molar-refractivity contribution in [2.24, 2.45) is 5.92 Å². The van der Waals surface area contributed by atoms with Crippen molar-refractivity contribution < 1.29 is 9.84 Å². The molecule has 0 bridgehead atoms. The van der Waals surface area contributed by atoms with Gasteiger partial charge in [-0.1, -0.05) is 31.2 Å². The van der Waals surface area contributed by atoms with Gasteiger partial charge in [0.1, 0.15) is 6.10 Å². The Hall–Kier alpha value is -0.860.